The zero-order chi connectivity index (χ0) is 16.7. The fourth-order valence-electron chi connectivity index (χ4n) is 4.05. The van der Waals surface area contributed by atoms with E-state index in [-0.39, 0.29) is 5.56 Å². The topological polar surface area (TPSA) is 59.5 Å². The fourth-order valence-corrected chi connectivity index (χ4v) is 4.05. The van der Waals surface area contributed by atoms with Gasteiger partial charge in [-0.25, -0.2) is 9.31 Å². The first kappa shape index (κ1) is 15.0. The lowest BCUT2D eigenvalue weighted by Gasteiger charge is -2.22. The van der Waals surface area contributed by atoms with E-state index in [1.165, 1.54) is 25.5 Å². The number of hydrogen-bond donors (Lipinski definition) is 1. The molecule has 3 aromatic rings. The van der Waals surface area contributed by atoms with Crippen molar-refractivity contribution in [2.24, 2.45) is 7.05 Å². The van der Waals surface area contributed by atoms with Crippen molar-refractivity contribution in [2.75, 3.05) is 0 Å². The summed E-state index contributed by atoms with van der Waals surface area (Å²) in [4.78, 5) is 11.6. The molecule has 0 bridgehead atoms. The molecule has 1 aliphatic carbocycles. The number of fused-ring (bicyclic) bond motifs is 1. The summed E-state index contributed by atoms with van der Waals surface area (Å²) in [6.45, 7) is 0. The summed E-state index contributed by atoms with van der Waals surface area (Å²) in [6.07, 6.45) is 7.48. The first-order valence-electron chi connectivity index (χ1n) is 8.53. The van der Waals surface area contributed by atoms with Crippen LogP contribution in [0, 0.1) is 0 Å². The van der Waals surface area contributed by atoms with Crippen molar-refractivity contribution in [3.8, 4) is 11.3 Å². The van der Waals surface area contributed by atoms with Crippen LogP contribution < -0.4 is 0 Å². The normalized spacial score (nSPS) is 15.9. The number of carboxylic acids is 1. The summed E-state index contributed by atoms with van der Waals surface area (Å²) in [5.41, 5.74) is 4.29. The molecular formula is C19H21N3O2. The summed E-state index contributed by atoms with van der Waals surface area (Å²) in [6, 6.07) is 10.2. The lowest BCUT2D eigenvalue weighted by molar-refractivity contribution is 0.0698. The van der Waals surface area contributed by atoms with Gasteiger partial charge in [-0.05, 0) is 12.8 Å². The number of carbonyl (C=O) groups is 1. The third-order valence-electron chi connectivity index (χ3n) is 5.14. The Bertz CT molecular complexity index is 886. The summed E-state index contributed by atoms with van der Waals surface area (Å²) < 4.78 is 3.86. The van der Waals surface area contributed by atoms with Crippen LogP contribution in [0.1, 0.15) is 54.1 Å². The highest BCUT2D eigenvalue weighted by Crippen LogP contribution is 2.39. The first-order chi connectivity index (χ1) is 11.7. The maximum Gasteiger partial charge on any atom is 0.341 e. The lowest BCUT2D eigenvalue weighted by Crippen LogP contribution is -2.09. The van der Waals surface area contributed by atoms with Crippen LogP contribution in [0.5, 0.6) is 0 Å². The number of aryl methyl sites for hydroxylation is 1. The Labute approximate surface area is 140 Å². The van der Waals surface area contributed by atoms with Crippen molar-refractivity contribution >= 4 is 11.6 Å². The van der Waals surface area contributed by atoms with Gasteiger partial charge in [0, 0.05) is 18.5 Å². The number of imidazole rings is 1. The van der Waals surface area contributed by atoms with Gasteiger partial charge in [0.2, 0.25) is 0 Å². The van der Waals surface area contributed by atoms with Gasteiger partial charge in [0.25, 0.3) is 0 Å². The Kier molecular flexibility index (Phi) is 3.63. The first-order valence-corrected chi connectivity index (χ1v) is 8.53. The summed E-state index contributed by atoms with van der Waals surface area (Å²) in [5, 5.41) is 13.9. The zero-order valence-electron chi connectivity index (χ0n) is 13.8. The van der Waals surface area contributed by atoms with Gasteiger partial charge in [0.05, 0.1) is 17.6 Å². The minimum Gasteiger partial charge on any atom is -0.477 e. The Balaban J connectivity index is 2.01. The molecule has 1 aliphatic rings. The molecule has 124 valence electrons. The highest BCUT2D eigenvalue weighted by Gasteiger charge is 2.28. The third-order valence-corrected chi connectivity index (χ3v) is 5.14. The zero-order valence-corrected chi connectivity index (χ0v) is 13.8. The highest BCUT2D eigenvalue weighted by atomic mass is 16.4. The van der Waals surface area contributed by atoms with Crippen molar-refractivity contribution in [1.29, 1.82) is 0 Å². The van der Waals surface area contributed by atoms with Crippen LogP contribution in [0.2, 0.25) is 0 Å². The van der Waals surface area contributed by atoms with E-state index >= 15 is 0 Å². The maximum absolute atomic E-state index is 11.6. The molecule has 5 heteroatoms. The summed E-state index contributed by atoms with van der Waals surface area (Å²) >= 11 is 0. The molecule has 1 aromatic carbocycles. The molecule has 2 heterocycles. The average Bonchev–Trinajstić information content (AvgIpc) is 3.16. The number of aromatic nitrogens is 3. The van der Waals surface area contributed by atoms with Crippen LogP contribution in [0.25, 0.3) is 16.9 Å². The van der Waals surface area contributed by atoms with Crippen LogP contribution in [0.4, 0.5) is 0 Å². The molecule has 2 aromatic heterocycles. The Morgan fingerprint density at radius 3 is 2.54 bits per heavy atom. The second-order valence-corrected chi connectivity index (χ2v) is 6.59. The predicted octanol–water partition coefficient (Wildman–Crippen LogP) is 4.09. The van der Waals surface area contributed by atoms with Gasteiger partial charge in [0.1, 0.15) is 5.56 Å². The number of benzene rings is 1. The van der Waals surface area contributed by atoms with E-state index in [0.717, 1.165) is 29.8 Å². The van der Waals surface area contributed by atoms with E-state index in [2.05, 4.69) is 17.2 Å². The predicted molar refractivity (Wildman–Crippen MR) is 92.4 cm³/mol. The molecular weight excluding hydrogens is 302 g/mol. The molecule has 1 saturated carbocycles. The molecule has 0 spiro atoms. The lowest BCUT2D eigenvalue weighted by atomic mass is 9.85. The Morgan fingerprint density at radius 2 is 1.88 bits per heavy atom. The van der Waals surface area contributed by atoms with Crippen molar-refractivity contribution in [1.82, 2.24) is 14.2 Å². The third kappa shape index (κ3) is 2.23. The van der Waals surface area contributed by atoms with Crippen LogP contribution in [0.3, 0.4) is 0 Å². The standard InChI is InChI=1S/C19H21N3O2/c1-21-16(13-8-4-2-5-9-13)17(14-10-6-3-7-11-14)22-18(21)15(12-20-22)19(23)24/h2,4-5,8-9,12,14H,3,6-7,10-11H2,1H3,(H,23,24). The van der Waals surface area contributed by atoms with Gasteiger partial charge in [0.15, 0.2) is 5.65 Å². The average molecular weight is 323 g/mol. The van der Waals surface area contributed by atoms with Crippen molar-refractivity contribution in [2.45, 2.75) is 38.0 Å². The number of nitrogens with zero attached hydrogens (tertiary/aromatic N) is 3. The van der Waals surface area contributed by atoms with Crippen LogP contribution in [-0.2, 0) is 7.05 Å². The highest BCUT2D eigenvalue weighted by molar-refractivity contribution is 5.95. The minimum atomic E-state index is -0.930. The number of hydrogen-bond acceptors (Lipinski definition) is 2. The SMILES string of the molecule is Cn1c(-c2ccccc2)c(C2CCCCC2)n2ncc(C(=O)O)c12. The van der Waals surface area contributed by atoms with Gasteiger partial charge in [-0.15, -0.1) is 0 Å². The summed E-state index contributed by atoms with van der Waals surface area (Å²) in [7, 11) is 1.94. The van der Waals surface area contributed by atoms with Crippen LogP contribution >= 0.6 is 0 Å². The molecule has 0 aliphatic heterocycles. The molecule has 1 N–H and O–H groups in total. The molecule has 5 nitrogen and oxygen atoms in total. The molecule has 0 atom stereocenters. The molecule has 0 unspecified atom stereocenters. The van der Waals surface area contributed by atoms with E-state index in [1.54, 1.807) is 0 Å². The fraction of sp³-hybridized carbons (Fsp3) is 0.368. The number of carboxylic acid groups (broad SMARTS) is 1. The van der Waals surface area contributed by atoms with Gasteiger partial charge >= 0.3 is 5.97 Å². The molecule has 4 rings (SSSR count). The van der Waals surface area contributed by atoms with Gasteiger partial charge in [-0.2, -0.15) is 5.10 Å². The molecule has 0 radical (unpaired) electrons. The van der Waals surface area contributed by atoms with E-state index in [4.69, 9.17) is 0 Å². The van der Waals surface area contributed by atoms with Gasteiger partial charge in [-0.1, -0.05) is 49.6 Å². The van der Waals surface area contributed by atoms with Crippen molar-refractivity contribution in [3.63, 3.8) is 0 Å². The second kappa shape index (κ2) is 5.82. The maximum atomic E-state index is 11.6. The quantitative estimate of drug-likeness (QED) is 0.790. The van der Waals surface area contributed by atoms with E-state index in [1.807, 2.05) is 34.3 Å². The molecule has 0 amide bonds. The van der Waals surface area contributed by atoms with Crippen molar-refractivity contribution < 1.29 is 9.90 Å². The number of rotatable bonds is 3. The summed E-state index contributed by atoms with van der Waals surface area (Å²) in [5.74, 6) is -0.500. The van der Waals surface area contributed by atoms with E-state index in [0.29, 0.717) is 11.6 Å². The molecule has 0 saturated heterocycles. The van der Waals surface area contributed by atoms with Crippen molar-refractivity contribution in [3.05, 3.63) is 47.8 Å². The van der Waals surface area contributed by atoms with Crippen LogP contribution in [-0.4, -0.2) is 25.3 Å². The second-order valence-electron chi connectivity index (χ2n) is 6.59. The minimum absolute atomic E-state index is 0.261. The Hall–Kier alpha value is -2.56. The van der Waals surface area contributed by atoms with E-state index < -0.39 is 5.97 Å². The van der Waals surface area contributed by atoms with Crippen LogP contribution in [0.15, 0.2) is 36.5 Å². The monoisotopic (exact) mass is 323 g/mol. The smallest absolute Gasteiger partial charge is 0.341 e. The van der Waals surface area contributed by atoms with E-state index in [9.17, 15) is 9.90 Å². The van der Waals surface area contributed by atoms with Gasteiger partial charge in [-0.3, -0.25) is 0 Å². The molecule has 24 heavy (non-hydrogen) atoms. The molecule has 1 fully saturated rings. The Morgan fingerprint density at radius 1 is 1.17 bits per heavy atom. The number of aromatic carboxylic acids is 1. The largest absolute Gasteiger partial charge is 0.477 e. The van der Waals surface area contributed by atoms with Gasteiger partial charge < -0.3 is 9.67 Å².